The number of carbonyl (C=O) groups is 1. The number of halogens is 1. The molecule has 0 fully saturated rings. The van der Waals surface area contributed by atoms with E-state index >= 15 is 0 Å². The van der Waals surface area contributed by atoms with Crippen molar-refractivity contribution in [2.75, 3.05) is 0 Å². The van der Waals surface area contributed by atoms with Crippen LogP contribution in [0.3, 0.4) is 0 Å². The van der Waals surface area contributed by atoms with Gasteiger partial charge in [0, 0.05) is 14.9 Å². The molecule has 23 heavy (non-hydrogen) atoms. The van der Waals surface area contributed by atoms with Crippen LogP contribution in [0.15, 0.2) is 33.5 Å². The van der Waals surface area contributed by atoms with Crippen LogP contribution in [-0.4, -0.2) is 15.8 Å². The molecule has 3 aromatic rings. The summed E-state index contributed by atoms with van der Waals surface area (Å²) in [4.78, 5) is 34.1. The number of hydrogen-bond acceptors (Lipinski definition) is 4. The first kappa shape index (κ1) is 14.8. The summed E-state index contributed by atoms with van der Waals surface area (Å²) in [6.45, 7) is 0. The van der Waals surface area contributed by atoms with Gasteiger partial charge >= 0.3 is 0 Å². The zero-order valence-corrected chi connectivity index (χ0v) is 14.6. The van der Waals surface area contributed by atoms with Crippen LogP contribution in [0.4, 0.5) is 0 Å². The lowest BCUT2D eigenvalue weighted by molar-refractivity contribution is 0.102. The first-order chi connectivity index (χ1) is 11.1. The van der Waals surface area contributed by atoms with Crippen LogP contribution in [0.25, 0.3) is 10.2 Å². The van der Waals surface area contributed by atoms with Crippen LogP contribution in [0.5, 0.6) is 0 Å². The van der Waals surface area contributed by atoms with E-state index < -0.39 is 0 Å². The van der Waals surface area contributed by atoms with Crippen molar-refractivity contribution in [1.29, 1.82) is 0 Å². The fourth-order valence-corrected chi connectivity index (χ4v) is 4.54. The van der Waals surface area contributed by atoms with Gasteiger partial charge in [0.05, 0.1) is 5.39 Å². The Morgan fingerprint density at radius 2 is 1.91 bits per heavy atom. The topological polar surface area (TPSA) is 62.8 Å². The van der Waals surface area contributed by atoms with E-state index in [4.69, 9.17) is 0 Å². The van der Waals surface area contributed by atoms with Crippen molar-refractivity contribution in [2.45, 2.75) is 25.7 Å². The van der Waals surface area contributed by atoms with Gasteiger partial charge in [-0.05, 0) is 55.5 Å². The lowest BCUT2D eigenvalue weighted by atomic mass is 9.97. The summed E-state index contributed by atoms with van der Waals surface area (Å²) < 4.78 is 0.900. The average molecular weight is 389 g/mol. The molecular formula is C17H13BrN2O2S. The van der Waals surface area contributed by atoms with E-state index in [0.29, 0.717) is 15.8 Å². The summed E-state index contributed by atoms with van der Waals surface area (Å²) in [5.41, 5.74) is 1.44. The number of nitrogens with one attached hydrogen (secondary N) is 1. The smallest absolute Gasteiger partial charge is 0.260 e. The molecular weight excluding hydrogens is 376 g/mol. The third-order valence-corrected chi connectivity index (χ3v) is 5.86. The first-order valence-corrected chi connectivity index (χ1v) is 9.09. The SMILES string of the molecule is O=C(c1ccc(Br)cc1)c1nc2sc3c(c2c(=O)[nH]1)CCCC3. The minimum atomic E-state index is -0.261. The maximum atomic E-state index is 12.6. The molecule has 0 atom stereocenters. The Morgan fingerprint density at radius 3 is 2.70 bits per heavy atom. The van der Waals surface area contributed by atoms with Gasteiger partial charge in [-0.3, -0.25) is 9.59 Å². The predicted molar refractivity (Wildman–Crippen MR) is 94.5 cm³/mol. The summed E-state index contributed by atoms with van der Waals surface area (Å²) in [5, 5.41) is 0.678. The maximum Gasteiger partial charge on any atom is 0.260 e. The van der Waals surface area contributed by atoms with E-state index in [0.717, 1.165) is 35.7 Å². The highest BCUT2D eigenvalue weighted by atomic mass is 79.9. The summed E-state index contributed by atoms with van der Waals surface area (Å²) >= 11 is 4.90. The third-order valence-electron chi connectivity index (χ3n) is 4.15. The van der Waals surface area contributed by atoms with Crippen LogP contribution in [0, 0.1) is 0 Å². The molecule has 0 saturated heterocycles. The highest BCUT2D eigenvalue weighted by molar-refractivity contribution is 9.10. The minimum Gasteiger partial charge on any atom is -0.303 e. The second-order valence-electron chi connectivity index (χ2n) is 5.64. The Kier molecular flexibility index (Phi) is 3.66. The standard InChI is InChI=1S/C17H13BrN2O2S/c18-10-7-5-9(6-8-10)14(21)15-19-16(22)13-11-3-1-2-4-12(11)23-17(13)20-15/h5-8H,1-4H2,(H,19,20,22). The molecule has 0 spiro atoms. The number of rotatable bonds is 2. The number of benzene rings is 1. The second kappa shape index (κ2) is 5.69. The molecule has 0 bridgehead atoms. The van der Waals surface area contributed by atoms with Gasteiger partial charge in [-0.25, -0.2) is 4.98 Å². The largest absolute Gasteiger partial charge is 0.303 e. The van der Waals surface area contributed by atoms with Crippen LogP contribution in [0.1, 0.15) is 39.5 Å². The van der Waals surface area contributed by atoms with E-state index in [1.165, 1.54) is 4.88 Å². The molecule has 1 aliphatic carbocycles. The van der Waals surface area contributed by atoms with Crippen molar-refractivity contribution < 1.29 is 4.79 Å². The van der Waals surface area contributed by atoms with Gasteiger partial charge in [-0.2, -0.15) is 0 Å². The zero-order chi connectivity index (χ0) is 16.0. The Labute approximate surface area is 144 Å². The molecule has 0 amide bonds. The molecule has 4 rings (SSSR count). The molecule has 4 nitrogen and oxygen atoms in total. The quantitative estimate of drug-likeness (QED) is 0.677. The van der Waals surface area contributed by atoms with Gasteiger partial charge in [0.2, 0.25) is 5.78 Å². The van der Waals surface area contributed by atoms with Gasteiger partial charge in [-0.15, -0.1) is 11.3 Å². The lowest BCUT2D eigenvalue weighted by Gasteiger charge is -2.09. The zero-order valence-electron chi connectivity index (χ0n) is 12.2. The van der Waals surface area contributed by atoms with Crippen molar-refractivity contribution in [3.63, 3.8) is 0 Å². The third kappa shape index (κ3) is 2.56. The number of nitrogens with zero attached hydrogens (tertiary/aromatic N) is 1. The number of carbonyl (C=O) groups excluding carboxylic acids is 1. The van der Waals surface area contributed by atoms with Crippen molar-refractivity contribution in [3.05, 3.63) is 60.9 Å². The molecule has 0 aliphatic heterocycles. The summed E-state index contributed by atoms with van der Waals surface area (Å²) in [7, 11) is 0. The molecule has 6 heteroatoms. The van der Waals surface area contributed by atoms with Crippen molar-refractivity contribution in [3.8, 4) is 0 Å². The number of aryl methyl sites for hydroxylation is 2. The van der Waals surface area contributed by atoms with Crippen LogP contribution in [0.2, 0.25) is 0 Å². The van der Waals surface area contributed by atoms with Crippen LogP contribution >= 0.6 is 27.3 Å². The molecule has 1 aromatic carbocycles. The number of aromatic amines is 1. The predicted octanol–water partition coefficient (Wildman–Crippen LogP) is 3.86. The second-order valence-corrected chi connectivity index (χ2v) is 7.64. The van der Waals surface area contributed by atoms with Crippen molar-refractivity contribution >= 4 is 43.3 Å². The molecule has 116 valence electrons. The molecule has 1 N–H and O–H groups in total. The molecule has 0 saturated carbocycles. The Bertz CT molecular complexity index is 973. The fraction of sp³-hybridized carbons (Fsp3) is 0.235. The molecule has 2 aromatic heterocycles. The number of aromatic nitrogens is 2. The number of fused-ring (bicyclic) bond motifs is 3. The van der Waals surface area contributed by atoms with E-state index in [1.807, 2.05) is 0 Å². The lowest BCUT2D eigenvalue weighted by Crippen LogP contribution is -2.17. The number of ketones is 1. The minimum absolute atomic E-state index is 0.114. The molecule has 0 radical (unpaired) electrons. The average Bonchev–Trinajstić information content (AvgIpc) is 2.93. The van der Waals surface area contributed by atoms with Crippen LogP contribution < -0.4 is 5.56 Å². The molecule has 1 aliphatic rings. The highest BCUT2D eigenvalue weighted by Crippen LogP contribution is 2.33. The van der Waals surface area contributed by atoms with Gasteiger partial charge in [-0.1, -0.05) is 15.9 Å². The van der Waals surface area contributed by atoms with Gasteiger partial charge in [0.25, 0.3) is 5.56 Å². The maximum absolute atomic E-state index is 12.6. The van der Waals surface area contributed by atoms with Crippen molar-refractivity contribution in [2.24, 2.45) is 0 Å². The van der Waals surface area contributed by atoms with E-state index in [2.05, 4.69) is 25.9 Å². The normalized spacial score (nSPS) is 14.0. The van der Waals surface area contributed by atoms with Gasteiger partial charge < -0.3 is 4.98 Å². The van der Waals surface area contributed by atoms with Gasteiger partial charge in [0.15, 0.2) is 5.82 Å². The number of H-pyrrole nitrogens is 1. The first-order valence-electron chi connectivity index (χ1n) is 7.48. The summed E-state index contributed by atoms with van der Waals surface area (Å²) in [6.07, 6.45) is 4.20. The summed E-state index contributed by atoms with van der Waals surface area (Å²) in [6, 6.07) is 7.04. The van der Waals surface area contributed by atoms with Gasteiger partial charge in [0.1, 0.15) is 4.83 Å². The molecule has 2 heterocycles. The summed E-state index contributed by atoms with van der Waals surface area (Å²) in [5.74, 6) is -0.147. The highest BCUT2D eigenvalue weighted by Gasteiger charge is 2.21. The Balaban J connectivity index is 1.84. The monoisotopic (exact) mass is 388 g/mol. The Hall–Kier alpha value is -1.79. The van der Waals surface area contributed by atoms with Crippen molar-refractivity contribution in [1.82, 2.24) is 9.97 Å². The van der Waals surface area contributed by atoms with E-state index in [1.54, 1.807) is 35.6 Å². The van der Waals surface area contributed by atoms with Crippen LogP contribution in [-0.2, 0) is 12.8 Å². The number of thiophene rings is 1. The number of hydrogen-bond donors (Lipinski definition) is 1. The van der Waals surface area contributed by atoms with E-state index in [9.17, 15) is 9.59 Å². The Morgan fingerprint density at radius 1 is 1.17 bits per heavy atom. The van der Waals surface area contributed by atoms with E-state index in [-0.39, 0.29) is 17.2 Å². The molecule has 0 unspecified atom stereocenters. The fourth-order valence-electron chi connectivity index (χ4n) is 3.01.